The van der Waals surface area contributed by atoms with E-state index in [2.05, 4.69) is 40.2 Å². The third-order valence-corrected chi connectivity index (χ3v) is 3.11. The third kappa shape index (κ3) is 3.63. The summed E-state index contributed by atoms with van der Waals surface area (Å²) in [7, 11) is 1.76. The molecule has 0 aliphatic heterocycles. The molecule has 1 aromatic heterocycles. The molecule has 1 amide bonds. The monoisotopic (exact) mass is 287 g/mol. The van der Waals surface area contributed by atoms with Crippen LogP contribution in [0.1, 0.15) is 30.8 Å². The van der Waals surface area contributed by atoms with E-state index in [1.54, 1.807) is 24.0 Å². The number of carbonyl (C=O) groups is 1. The van der Waals surface area contributed by atoms with Crippen molar-refractivity contribution < 1.29 is 4.79 Å². The zero-order valence-corrected chi connectivity index (χ0v) is 11.5. The van der Waals surface area contributed by atoms with Crippen molar-refractivity contribution in [3.63, 3.8) is 0 Å². The van der Waals surface area contributed by atoms with Crippen molar-refractivity contribution in [3.8, 4) is 0 Å². The van der Waals surface area contributed by atoms with Gasteiger partial charge in [0.15, 0.2) is 0 Å². The highest BCUT2D eigenvalue weighted by atomic mass is 79.9. The maximum atomic E-state index is 11.9. The first kappa shape index (κ1) is 13.2. The Labute approximate surface area is 105 Å². The van der Waals surface area contributed by atoms with Crippen molar-refractivity contribution in [3.05, 3.63) is 18.0 Å². The molecule has 0 bridgehead atoms. The van der Waals surface area contributed by atoms with Crippen LogP contribution in [0.3, 0.4) is 0 Å². The van der Waals surface area contributed by atoms with Gasteiger partial charge in [0.05, 0.1) is 0 Å². The number of alkyl halides is 1. The van der Waals surface area contributed by atoms with Gasteiger partial charge in [-0.05, 0) is 18.4 Å². The Hall–Kier alpha value is -0.840. The lowest BCUT2D eigenvalue weighted by atomic mass is 10.1. The van der Waals surface area contributed by atoms with Crippen LogP contribution in [0.4, 0.5) is 0 Å². The highest BCUT2D eigenvalue weighted by molar-refractivity contribution is 9.09. The van der Waals surface area contributed by atoms with Crippen molar-refractivity contribution in [1.29, 1.82) is 0 Å². The summed E-state index contributed by atoms with van der Waals surface area (Å²) in [6.45, 7) is 4.29. The fourth-order valence-electron chi connectivity index (χ4n) is 1.59. The molecular weight excluding hydrogens is 270 g/mol. The van der Waals surface area contributed by atoms with Crippen LogP contribution in [0.5, 0.6) is 0 Å². The predicted octanol–water partition coefficient (Wildman–Crippen LogP) is 1.96. The minimum Gasteiger partial charge on any atom is -0.347 e. The van der Waals surface area contributed by atoms with Crippen LogP contribution in [0.25, 0.3) is 0 Å². The molecule has 0 saturated carbocycles. The van der Waals surface area contributed by atoms with Gasteiger partial charge in [-0.2, -0.15) is 5.10 Å². The lowest BCUT2D eigenvalue weighted by molar-refractivity contribution is 0.0927. The number of carbonyl (C=O) groups excluding carboxylic acids is 1. The van der Waals surface area contributed by atoms with E-state index in [-0.39, 0.29) is 11.9 Å². The molecule has 1 unspecified atom stereocenters. The molecule has 16 heavy (non-hydrogen) atoms. The molecule has 0 saturated heterocycles. The van der Waals surface area contributed by atoms with Crippen molar-refractivity contribution in [2.75, 3.05) is 5.33 Å². The SMILES string of the molecule is CC(C)CC(CBr)NC(=O)c1ccnn1C. The number of hydrogen-bond acceptors (Lipinski definition) is 2. The summed E-state index contributed by atoms with van der Waals surface area (Å²) >= 11 is 3.42. The van der Waals surface area contributed by atoms with Crippen LogP contribution in [-0.4, -0.2) is 27.1 Å². The van der Waals surface area contributed by atoms with Gasteiger partial charge in [-0.1, -0.05) is 29.8 Å². The Bertz CT molecular complexity index is 349. The Morgan fingerprint density at radius 1 is 1.62 bits per heavy atom. The second kappa shape index (κ2) is 6.03. The lowest BCUT2D eigenvalue weighted by Crippen LogP contribution is -2.37. The predicted molar refractivity (Wildman–Crippen MR) is 67.7 cm³/mol. The molecule has 0 aliphatic carbocycles. The van der Waals surface area contributed by atoms with Gasteiger partial charge >= 0.3 is 0 Å². The number of nitrogens with zero attached hydrogens (tertiary/aromatic N) is 2. The van der Waals surface area contributed by atoms with Crippen LogP contribution < -0.4 is 5.32 Å². The molecule has 0 aliphatic rings. The number of rotatable bonds is 5. The molecule has 4 nitrogen and oxygen atoms in total. The Kier molecular flexibility index (Phi) is 4.99. The number of nitrogens with one attached hydrogen (secondary N) is 1. The summed E-state index contributed by atoms with van der Waals surface area (Å²) in [5, 5.41) is 7.74. The topological polar surface area (TPSA) is 46.9 Å². The van der Waals surface area contributed by atoms with Crippen molar-refractivity contribution in [1.82, 2.24) is 15.1 Å². The van der Waals surface area contributed by atoms with E-state index < -0.39 is 0 Å². The molecular formula is C11H18BrN3O. The molecule has 0 fully saturated rings. The second-order valence-corrected chi connectivity index (χ2v) is 4.94. The zero-order chi connectivity index (χ0) is 12.1. The molecule has 0 spiro atoms. The number of aromatic nitrogens is 2. The smallest absolute Gasteiger partial charge is 0.269 e. The summed E-state index contributed by atoms with van der Waals surface area (Å²) in [4.78, 5) is 11.9. The largest absolute Gasteiger partial charge is 0.347 e. The maximum Gasteiger partial charge on any atom is 0.269 e. The van der Waals surface area contributed by atoms with E-state index in [0.717, 1.165) is 11.8 Å². The highest BCUT2D eigenvalue weighted by Crippen LogP contribution is 2.08. The first-order valence-electron chi connectivity index (χ1n) is 5.39. The van der Waals surface area contributed by atoms with Gasteiger partial charge in [0, 0.05) is 24.6 Å². The number of aryl methyl sites for hydroxylation is 1. The Balaban J connectivity index is 2.59. The minimum atomic E-state index is -0.0647. The Morgan fingerprint density at radius 3 is 2.75 bits per heavy atom. The van der Waals surface area contributed by atoms with Gasteiger partial charge < -0.3 is 5.32 Å². The summed E-state index contributed by atoms with van der Waals surface area (Å²) in [5.74, 6) is 0.500. The average molecular weight is 288 g/mol. The Morgan fingerprint density at radius 2 is 2.31 bits per heavy atom. The van der Waals surface area contributed by atoms with E-state index in [0.29, 0.717) is 11.6 Å². The summed E-state index contributed by atoms with van der Waals surface area (Å²) in [6.07, 6.45) is 2.59. The fraction of sp³-hybridized carbons (Fsp3) is 0.636. The summed E-state index contributed by atoms with van der Waals surface area (Å²) in [5.41, 5.74) is 0.592. The van der Waals surface area contributed by atoms with Gasteiger partial charge in [0.1, 0.15) is 5.69 Å². The van der Waals surface area contributed by atoms with Crippen LogP contribution in [-0.2, 0) is 7.05 Å². The quantitative estimate of drug-likeness (QED) is 0.842. The number of hydrogen-bond donors (Lipinski definition) is 1. The lowest BCUT2D eigenvalue weighted by Gasteiger charge is -2.18. The van der Waals surface area contributed by atoms with Crippen molar-refractivity contribution in [2.45, 2.75) is 26.3 Å². The number of amides is 1. The second-order valence-electron chi connectivity index (χ2n) is 4.29. The van der Waals surface area contributed by atoms with E-state index in [4.69, 9.17) is 0 Å². The third-order valence-electron chi connectivity index (χ3n) is 2.33. The first-order valence-corrected chi connectivity index (χ1v) is 6.51. The van der Waals surface area contributed by atoms with Crippen molar-refractivity contribution >= 4 is 21.8 Å². The molecule has 0 aromatic carbocycles. The molecule has 5 heteroatoms. The highest BCUT2D eigenvalue weighted by Gasteiger charge is 2.15. The molecule has 1 rings (SSSR count). The number of halogens is 1. The minimum absolute atomic E-state index is 0.0647. The van der Waals surface area contributed by atoms with Crippen LogP contribution >= 0.6 is 15.9 Å². The van der Waals surface area contributed by atoms with E-state index in [9.17, 15) is 4.79 Å². The van der Waals surface area contributed by atoms with Gasteiger partial charge in [0.25, 0.3) is 5.91 Å². The first-order chi connectivity index (χ1) is 7.54. The maximum absolute atomic E-state index is 11.9. The fourth-order valence-corrected chi connectivity index (χ4v) is 2.01. The standard InChI is InChI=1S/C11H18BrN3O/c1-8(2)6-9(7-12)14-11(16)10-4-5-13-15(10)3/h4-5,8-9H,6-7H2,1-3H3,(H,14,16). The van der Waals surface area contributed by atoms with Gasteiger partial charge in [-0.3, -0.25) is 9.48 Å². The summed E-state index contributed by atoms with van der Waals surface area (Å²) in [6, 6.07) is 1.89. The molecule has 90 valence electrons. The van der Waals surface area contributed by atoms with E-state index >= 15 is 0 Å². The molecule has 0 radical (unpaired) electrons. The molecule has 1 aromatic rings. The molecule has 1 N–H and O–H groups in total. The van der Waals surface area contributed by atoms with Gasteiger partial charge in [0.2, 0.25) is 0 Å². The van der Waals surface area contributed by atoms with Gasteiger partial charge in [-0.15, -0.1) is 0 Å². The van der Waals surface area contributed by atoms with Crippen molar-refractivity contribution in [2.24, 2.45) is 13.0 Å². The molecule has 1 atom stereocenters. The van der Waals surface area contributed by atoms with Crippen LogP contribution in [0, 0.1) is 5.92 Å². The van der Waals surface area contributed by atoms with E-state index in [1.807, 2.05) is 0 Å². The zero-order valence-electron chi connectivity index (χ0n) is 9.90. The van der Waals surface area contributed by atoms with E-state index in [1.165, 1.54) is 0 Å². The van der Waals surface area contributed by atoms with Crippen LogP contribution in [0.15, 0.2) is 12.3 Å². The van der Waals surface area contributed by atoms with Gasteiger partial charge in [-0.25, -0.2) is 0 Å². The van der Waals surface area contributed by atoms with Crippen LogP contribution in [0.2, 0.25) is 0 Å². The molecule has 1 heterocycles. The summed E-state index contributed by atoms with van der Waals surface area (Å²) < 4.78 is 1.58. The average Bonchev–Trinajstić information content (AvgIpc) is 2.62. The normalized spacial score (nSPS) is 12.8.